The van der Waals surface area contributed by atoms with Crippen LogP contribution in [0.5, 0.6) is 5.75 Å². The van der Waals surface area contributed by atoms with E-state index >= 15 is 0 Å². The molecule has 0 fully saturated rings. The molecule has 0 saturated carbocycles. The SMILES string of the molecule is COc1ccc(C[C@@H](NC(=O)OC(C)(C)C)C(=O)O)nc1. The summed E-state index contributed by atoms with van der Waals surface area (Å²) >= 11 is 0. The summed E-state index contributed by atoms with van der Waals surface area (Å²) in [4.78, 5) is 26.9. The lowest BCUT2D eigenvalue weighted by molar-refractivity contribution is -0.139. The van der Waals surface area contributed by atoms with Gasteiger partial charge >= 0.3 is 12.1 Å². The van der Waals surface area contributed by atoms with E-state index in [-0.39, 0.29) is 6.42 Å². The number of carbonyl (C=O) groups is 2. The Balaban J connectivity index is 2.69. The third-order valence-corrected chi connectivity index (χ3v) is 2.44. The maximum absolute atomic E-state index is 11.6. The summed E-state index contributed by atoms with van der Waals surface area (Å²) in [6.45, 7) is 5.11. The Morgan fingerprint density at radius 1 is 1.38 bits per heavy atom. The van der Waals surface area contributed by atoms with Crippen LogP contribution in [-0.2, 0) is 16.0 Å². The first-order valence-corrected chi connectivity index (χ1v) is 6.42. The summed E-state index contributed by atoms with van der Waals surface area (Å²) in [5.74, 6) is -0.579. The average molecular weight is 296 g/mol. The molecule has 0 unspecified atom stereocenters. The number of hydrogen-bond donors (Lipinski definition) is 2. The highest BCUT2D eigenvalue weighted by Crippen LogP contribution is 2.10. The molecular weight excluding hydrogens is 276 g/mol. The molecule has 21 heavy (non-hydrogen) atoms. The minimum absolute atomic E-state index is 0.0541. The molecule has 1 aromatic heterocycles. The summed E-state index contributed by atoms with van der Waals surface area (Å²) in [7, 11) is 1.51. The number of carboxylic acids is 1. The molecule has 1 heterocycles. The van der Waals surface area contributed by atoms with Gasteiger partial charge in [-0.25, -0.2) is 9.59 Å². The Labute approximate surface area is 123 Å². The number of aliphatic carboxylic acids is 1. The highest BCUT2D eigenvalue weighted by Gasteiger charge is 2.24. The zero-order chi connectivity index (χ0) is 16.0. The minimum atomic E-state index is -1.15. The lowest BCUT2D eigenvalue weighted by atomic mass is 10.1. The zero-order valence-electron chi connectivity index (χ0n) is 12.5. The molecule has 116 valence electrons. The Bertz CT molecular complexity index is 493. The van der Waals surface area contributed by atoms with Gasteiger partial charge in [0.2, 0.25) is 0 Å². The van der Waals surface area contributed by atoms with Crippen LogP contribution in [0.25, 0.3) is 0 Å². The highest BCUT2D eigenvalue weighted by molar-refractivity contribution is 5.80. The number of alkyl carbamates (subject to hydrolysis) is 1. The van der Waals surface area contributed by atoms with Gasteiger partial charge in [0, 0.05) is 12.1 Å². The molecule has 0 aliphatic heterocycles. The Morgan fingerprint density at radius 3 is 2.48 bits per heavy atom. The van der Waals surface area contributed by atoms with Crippen molar-refractivity contribution >= 4 is 12.1 Å². The van der Waals surface area contributed by atoms with Crippen LogP contribution in [0.15, 0.2) is 18.3 Å². The third-order valence-electron chi connectivity index (χ3n) is 2.44. The van der Waals surface area contributed by atoms with Gasteiger partial charge < -0.3 is 19.9 Å². The molecule has 0 saturated heterocycles. The summed E-state index contributed by atoms with van der Waals surface area (Å²) in [5, 5.41) is 11.5. The number of carboxylic acid groups (broad SMARTS) is 1. The van der Waals surface area contributed by atoms with E-state index in [1.54, 1.807) is 32.9 Å². The maximum atomic E-state index is 11.6. The number of hydrogen-bond acceptors (Lipinski definition) is 5. The van der Waals surface area contributed by atoms with Crippen LogP contribution >= 0.6 is 0 Å². The van der Waals surface area contributed by atoms with Crippen molar-refractivity contribution in [1.82, 2.24) is 10.3 Å². The normalized spacial score (nSPS) is 12.4. The van der Waals surface area contributed by atoms with Crippen molar-refractivity contribution in [2.75, 3.05) is 7.11 Å². The van der Waals surface area contributed by atoms with Crippen LogP contribution in [0.2, 0.25) is 0 Å². The standard InChI is InChI=1S/C14H20N2O5/c1-14(2,3)21-13(19)16-11(12(17)18)7-9-5-6-10(20-4)8-15-9/h5-6,8,11H,7H2,1-4H3,(H,16,19)(H,17,18)/t11-/m1/s1. The van der Waals surface area contributed by atoms with Gasteiger partial charge in [-0.15, -0.1) is 0 Å². The van der Waals surface area contributed by atoms with Crippen LogP contribution in [0.3, 0.4) is 0 Å². The molecular formula is C14H20N2O5. The molecule has 0 aliphatic rings. The third kappa shape index (κ3) is 6.11. The first kappa shape index (κ1) is 16.7. The molecule has 0 bridgehead atoms. The largest absolute Gasteiger partial charge is 0.495 e. The van der Waals surface area contributed by atoms with Crippen LogP contribution in [0, 0.1) is 0 Å². The first-order valence-electron chi connectivity index (χ1n) is 6.42. The van der Waals surface area contributed by atoms with Gasteiger partial charge in [-0.2, -0.15) is 0 Å². The number of methoxy groups -OCH3 is 1. The van der Waals surface area contributed by atoms with Crippen molar-refractivity contribution < 1.29 is 24.2 Å². The minimum Gasteiger partial charge on any atom is -0.495 e. The monoisotopic (exact) mass is 296 g/mol. The lowest BCUT2D eigenvalue weighted by Crippen LogP contribution is -2.44. The van der Waals surface area contributed by atoms with Crippen LogP contribution in [0.4, 0.5) is 4.79 Å². The number of carbonyl (C=O) groups excluding carboxylic acids is 1. The van der Waals surface area contributed by atoms with Crippen LogP contribution < -0.4 is 10.1 Å². The van der Waals surface area contributed by atoms with Crippen LogP contribution in [0.1, 0.15) is 26.5 Å². The summed E-state index contributed by atoms with van der Waals surface area (Å²) in [6.07, 6.45) is 0.767. The van der Waals surface area contributed by atoms with E-state index in [1.807, 2.05) is 0 Å². The van der Waals surface area contributed by atoms with Crippen molar-refractivity contribution in [2.45, 2.75) is 38.8 Å². The molecule has 0 aliphatic carbocycles. The number of nitrogens with zero attached hydrogens (tertiary/aromatic N) is 1. The Morgan fingerprint density at radius 2 is 2.05 bits per heavy atom. The van der Waals surface area contributed by atoms with Gasteiger partial charge in [0.25, 0.3) is 0 Å². The predicted molar refractivity (Wildman–Crippen MR) is 75.3 cm³/mol. The Hall–Kier alpha value is -2.31. The second-order valence-electron chi connectivity index (χ2n) is 5.43. The molecule has 2 N–H and O–H groups in total. The fourth-order valence-corrected chi connectivity index (χ4v) is 1.51. The fraction of sp³-hybridized carbons (Fsp3) is 0.500. The lowest BCUT2D eigenvalue weighted by Gasteiger charge is -2.21. The quantitative estimate of drug-likeness (QED) is 0.856. The van der Waals surface area contributed by atoms with E-state index in [4.69, 9.17) is 14.6 Å². The Kier molecular flexibility index (Phi) is 5.52. The van der Waals surface area contributed by atoms with Crippen molar-refractivity contribution in [3.63, 3.8) is 0 Å². The molecule has 0 radical (unpaired) electrons. The van der Waals surface area contributed by atoms with Crippen molar-refractivity contribution in [1.29, 1.82) is 0 Å². The molecule has 0 aromatic carbocycles. The van der Waals surface area contributed by atoms with Gasteiger partial charge in [-0.05, 0) is 32.9 Å². The zero-order valence-corrected chi connectivity index (χ0v) is 12.5. The van der Waals surface area contributed by atoms with Gasteiger partial charge in [0.05, 0.1) is 13.3 Å². The summed E-state index contributed by atoms with van der Waals surface area (Å²) < 4.78 is 10.0. The van der Waals surface area contributed by atoms with E-state index in [0.717, 1.165) is 0 Å². The van der Waals surface area contributed by atoms with E-state index in [0.29, 0.717) is 11.4 Å². The number of pyridine rings is 1. The van der Waals surface area contributed by atoms with E-state index < -0.39 is 23.7 Å². The van der Waals surface area contributed by atoms with E-state index in [2.05, 4.69) is 10.3 Å². The van der Waals surface area contributed by atoms with E-state index in [9.17, 15) is 9.59 Å². The average Bonchev–Trinajstić information content (AvgIpc) is 2.36. The molecule has 1 aromatic rings. The van der Waals surface area contributed by atoms with Crippen molar-refractivity contribution in [2.24, 2.45) is 0 Å². The second kappa shape index (κ2) is 6.92. The van der Waals surface area contributed by atoms with Crippen molar-refractivity contribution in [3.8, 4) is 5.75 Å². The molecule has 1 amide bonds. The summed E-state index contributed by atoms with van der Waals surface area (Å²) in [6, 6.07) is 2.21. The molecule has 7 nitrogen and oxygen atoms in total. The molecule has 0 spiro atoms. The van der Waals surface area contributed by atoms with E-state index in [1.165, 1.54) is 13.3 Å². The van der Waals surface area contributed by atoms with Crippen molar-refractivity contribution in [3.05, 3.63) is 24.0 Å². The highest BCUT2D eigenvalue weighted by atomic mass is 16.6. The molecule has 1 rings (SSSR count). The van der Waals surface area contributed by atoms with Gasteiger partial charge in [-0.3, -0.25) is 4.98 Å². The van der Waals surface area contributed by atoms with Gasteiger partial charge in [0.1, 0.15) is 17.4 Å². The van der Waals surface area contributed by atoms with Gasteiger partial charge in [-0.1, -0.05) is 0 Å². The number of amides is 1. The smallest absolute Gasteiger partial charge is 0.408 e. The molecule has 7 heteroatoms. The number of ether oxygens (including phenoxy) is 2. The second-order valence-corrected chi connectivity index (χ2v) is 5.43. The van der Waals surface area contributed by atoms with Crippen LogP contribution in [-0.4, -0.2) is 40.9 Å². The topological polar surface area (TPSA) is 97.8 Å². The fourth-order valence-electron chi connectivity index (χ4n) is 1.51. The molecule has 1 atom stereocenters. The number of aromatic nitrogens is 1. The van der Waals surface area contributed by atoms with Gasteiger partial charge in [0.15, 0.2) is 0 Å². The number of nitrogens with one attached hydrogen (secondary N) is 1. The number of rotatable bonds is 5. The summed E-state index contributed by atoms with van der Waals surface area (Å²) in [5.41, 5.74) is -0.162. The predicted octanol–water partition coefficient (Wildman–Crippen LogP) is 1.61. The first-order chi connectivity index (χ1) is 9.71. The maximum Gasteiger partial charge on any atom is 0.408 e.